The van der Waals surface area contributed by atoms with Gasteiger partial charge in [0.15, 0.2) is 5.75 Å². The molecule has 104 valence electrons. The van der Waals surface area contributed by atoms with Gasteiger partial charge in [-0.05, 0) is 6.42 Å². The molecule has 1 heterocycles. The van der Waals surface area contributed by atoms with E-state index < -0.39 is 13.0 Å². The Morgan fingerprint density at radius 2 is 2.28 bits per heavy atom. The maximum Gasteiger partial charge on any atom is 0.261 e. The minimum atomic E-state index is -2.46. The number of nitrogens with two attached hydrogens (primary N) is 1. The van der Waals surface area contributed by atoms with Crippen molar-refractivity contribution in [3.8, 4) is 5.75 Å². The number of aryl methyl sites for hydroxylation is 1. The summed E-state index contributed by atoms with van der Waals surface area (Å²) in [4.78, 5) is 0. The summed E-state index contributed by atoms with van der Waals surface area (Å²) in [7, 11) is 3.28. The zero-order valence-electron chi connectivity index (χ0n) is 10.4. The smallest absolute Gasteiger partial charge is 0.261 e. The van der Waals surface area contributed by atoms with E-state index >= 15 is 0 Å². The second-order valence-electron chi connectivity index (χ2n) is 3.70. The van der Waals surface area contributed by atoms with E-state index in [0.29, 0.717) is 12.2 Å². The van der Waals surface area contributed by atoms with Crippen molar-refractivity contribution in [1.29, 1.82) is 0 Å². The molecule has 0 radical (unpaired) electrons. The van der Waals surface area contributed by atoms with Gasteiger partial charge < -0.3 is 9.47 Å². The number of hydrogen-bond acceptors (Lipinski definition) is 5. The molecule has 0 aliphatic carbocycles. The number of nitrogens with zero attached hydrogens (tertiary/aromatic N) is 2. The van der Waals surface area contributed by atoms with Crippen LogP contribution in [0.5, 0.6) is 5.75 Å². The van der Waals surface area contributed by atoms with Gasteiger partial charge in [0.1, 0.15) is 6.61 Å². The van der Waals surface area contributed by atoms with Gasteiger partial charge in [-0.3, -0.25) is 16.0 Å². The van der Waals surface area contributed by atoms with E-state index in [1.165, 1.54) is 7.11 Å². The highest BCUT2D eigenvalue weighted by atomic mass is 19.3. The minimum absolute atomic E-state index is 0.174. The Kier molecular flexibility index (Phi) is 5.96. The third-order valence-corrected chi connectivity index (χ3v) is 2.50. The number of aromatic nitrogens is 2. The Bertz CT molecular complexity index is 360. The van der Waals surface area contributed by atoms with Crippen molar-refractivity contribution in [2.45, 2.75) is 18.9 Å². The topological polar surface area (TPSA) is 74.3 Å². The van der Waals surface area contributed by atoms with E-state index in [1.807, 2.05) is 0 Å². The van der Waals surface area contributed by atoms with Crippen LogP contribution in [0.2, 0.25) is 0 Å². The van der Waals surface area contributed by atoms with Gasteiger partial charge >= 0.3 is 0 Å². The summed E-state index contributed by atoms with van der Waals surface area (Å²) in [6.07, 6.45) is -0.445. The van der Waals surface area contributed by atoms with E-state index in [2.05, 4.69) is 10.5 Å². The second-order valence-corrected chi connectivity index (χ2v) is 3.70. The summed E-state index contributed by atoms with van der Waals surface area (Å²) < 4.78 is 35.4. The number of hydrogen-bond donors (Lipinski definition) is 2. The van der Waals surface area contributed by atoms with Gasteiger partial charge in [0, 0.05) is 13.7 Å². The average Bonchev–Trinajstić information content (AvgIpc) is 2.71. The van der Waals surface area contributed by atoms with Gasteiger partial charge in [-0.2, -0.15) is 5.10 Å². The molecular formula is C10H18F2N4O2. The molecule has 1 aromatic rings. The highest BCUT2D eigenvalue weighted by molar-refractivity contribution is 5.27. The van der Waals surface area contributed by atoms with Crippen LogP contribution in [0.15, 0.2) is 6.20 Å². The summed E-state index contributed by atoms with van der Waals surface area (Å²) in [6, 6.07) is -0.273. The van der Waals surface area contributed by atoms with Crippen molar-refractivity contribution >= 4 is 0 Å². The van der Waals surface area contributed by atoms with Crippen LogP contribution < -0.4 is 16.0 Å². The fourth-order valence-electron chi connectivity index (χ4n) is 1.65. The van der Waals surface area contributed by atoms with E-state index in [-0.39, 0.29) is 12.6 Å². The first-order valence-corrected chi connectivity index (χ1v) is 5.48. The normalized spacial score (nSPS) is 13.0. The summed E-state index contributed by atoms with van der Waals surface area (Å²) in [5.74, 6) is 6.04. The van der Waals surface area contributed by atoms with Gasteiger partial charge in [-0.15, -0.1) is 0 Å². The first kappa shape index (κ1) is 14.8. The average molecular weight is 264 g/mol. The molecule has 0 bridgehead atoms. The van der Waals surface area contributed by atoms with E-state index in [0.717, 1.165) is 5.69 Å². The Labute approximate surface area is 104 Å². The largest absolute Gasteiger partial charge is 0.493 e. The van der Waals surface area contributed by atoms with Crippen molar-refractivity contribution in [2.75, 3.05) is 20.3 Å². The van der Waals surface area contributed by atoms with Crippen LogP contribution in [0, 0.1) is 0 Å². The molecule has 0 aliphatic rings. The van der Waals surface area contributed by atoms with Crippen LogP contribution in [0.25, 0.3) is 0 Å². The molecule has 1 aromatic heterocycles. The molecule has 0 fully saturated rings. The van der Waals surface area contributed by atoms with Gasteiger partial charge in [0.25, 0.3) is 6.43 Å². The number of methoxy groups -OCH3 is 1. The molecule has 0 amide bonds. The van der Waals surface area contributed by atoms with Crippen molar-refractivity contribution in [3.63, 3.8) is 0 Å². The first-order valence-electron chi connectivity index (χ1n) is 5.48. The summed E-state index contributed by atoms with van der Waals surface area (Å²) in [5, 5.41) is 4.05. The lowest BCUT2D eigenvalue weighted by Crippen LogP contribution is -2.31. The van der Waals surface area contributed by atoms with E-state index in [4.69, 9.17) is 15.3 Å². The van der Waals surface area contributed by atoms with Crippen LogP contribution in [0.3, 0.4) is 0 Å². The molecule has 0 saturated carbocycles. The number of hydrazine groups is 1. The third kappa shape index (κ3) is 3.90. The molecule has 1 atom stereocenters. The maximum atomic E-state index is 11.9. The predicted octanol–water partition coefficient (Wildman–Crippen LogP) is 0.605. The molecule has 18 heavy (non-hydrogen) atoms. The van der Waals surface area contributed by atoms with Crippen LogP contribution in [0.4, 0.5) is 8.78 Å². The first-order chi connectivity index (χ1) is 8.60. The molecule has 1 rings (SSSR count). The Balaban J connectivity index is 2.57. The predicted molar refractivity (Wildman–Crippen MR) is 61.3 cm³/mol. The molecule has 8 heteroatoms. The van der Waals surface area contributed by atoms with Gasteiger partial charge in [-0.25, -0.2) is 8.78 Å². The van der Waals surface area contributed by atoms with Crippen molar-refractivity contribution in [2.24, 2.45) is 12.9 Å². The maximum absolute atomic E-state index is 11.9. The monoisotopic (exact) mass is 264 g/mol. The zero-order chi connectivity index (χ0) is 13.5. The molecule has 0 aliphatic heterocycles. The van der Waals surface area contributed by atoms with E-state index in [9.17, 15) is 8.78 Å². The fourth-order valence-corrected chi connectivity index (χ4v) is 1.65. The Morgan fingerprint density at radius 3 is 2.83 bits per heavy atom. The molecule has 0 saturated heterocycles. The standard InChI is InChI=1S/C10H18F2N4O2/c1-16-10(8(17-2)5-14-16)7(15-13)3-4-18-6-9(11)12/h5,7,9,15H,3-4,6,13H2,1-2H3. The molecule has 6 nitrogen and oxygen atoms in total. The SMILES string of the molecule is COc1cnn(C)c1C(CCOCC(F)F)NN. The number of alkyl halides is 2. The molecule has 1 unspecified atom stereocenters. The van der Waals surface area contributed by atoms with Crippen molar-refractivity contribution < 1.29 is 18.3 Å². The minimum Gasteiger partial charge on any atom is -0.493 e. The zero-order valence-corrected chi connectivity index (χ0v) is 10.4. The van der Waals surface area contributed by atoms with Gasteiger partial charge in [0.2, 0.25) is 0 Å². The van der Waals surface area contributed by atoms with Crippen LogP contribution in [-0.2, 0) is 11.8 Å². The van der Waals surface area contributed by atoms with E-state index in [1.54, 1.807) is 17.9 Å². The molecular weight excluding hydrogens is 246 g/mol. The van der Waals surface area contributed by atoms with Gasteiger partial charge in [-0.1, -0.05) is 0 Å². The summed E-state index contributed by atoms with van der Waals surface area (Å²) >= 11 is 0. The number of rotatable bonds is 8. The summed E-state index contributed by atoms with van der Waals surface area (Å²) in [5.41, 5.74) is 3.35. The number of ether oxygens (including phenoxy) is 2. The number of nitrogens with one attached hydrogen (secondary N) is 1. The Hall–Kier alpha value is -1.25. The quantitative estimate of drug-likeness (QED) is 0.409. The molecule has 0 spiro atoms. The second kappa shape index (κ2) is 7.24. The highest BCUT2D eigenvalue weighted by Crippen LogP contribution is 2.25. The third-order valence-electron chi connectivity index (χ3n) is 2.50. The summed E-state index contributed by atoms with van der Waals surface area (Å²) in [6.45, 7) is -0.395. The molecule has 3 N–H and O–H groups in total. The lowest BCUT2D eigenvalue weighted by Gasteiger charge is -2.17. The lowest BCUT2D eigenvalue weighted by atomic mass is 10.1. The number of halogens is 2. The van der Waals surface area contributed by atoms with Crippen LogP contribution in [-0.4, -0.2) is 36.5 Å². The van der Waals surface area contributed by atoms with Crippen LogP contribution >= 0.6 is 0 Å². The van der Waals surface area contributed by atoms with Crippen LogP contribution in [0.1, 0.15) is 18.2 Å². The van der Waals surface area contributed by atoms with Crippen molar-refractivity contribution in [3.05, 3.63) is 11.9 Å². The molecule has 0 aromatic carbocycles. The highest BCUT2D eigenvalue weighted by Gasteiger charge is 2.19. The lowest BCUT2D eigenvalue weighted by molar-refractivity contribution is 0.0141. The fraction of sp³-hybridized carbons (Fsp3) is 0.700. The van der Waals surface area contributed by atoms with Crippen molar-refractivity contribution in [1.82, 2.24) is 15.2 Å². The van der Waals surface area contributed by atoms with Gasteiger partial charge in [0.05, 0.1) is 25.0 Å². The Morgan fingerprint density at radius 1 is 1.56 bits per heavy atom.